The Morgan fingerprint density at radius 1 is 0.947 bits per heavy atom. The summed E-state index contributed by atoms with van der Waals surface area (Å²) in [7, 11) is 4.06. The minimum atomic E-state index is -0.197. The van der Waals surface area contributed by atoms with Gasteiger partial charge in [-0.05, 0) is 54.4 Å². The fraction of sp³-hybridized carbons (Fsp3) is 0.258. The highest BCUT2D eigenvalue weighted by Gasteiger charge is 2.15. The molecule has 0 radical (unpaired) electrons. The molecule has 7 nitrogen and oxygen atoms in total. The maximum Gasteiger partial charge on any atom is 0.328 e. The van der Waals surface area contributed by atoms with Crippen LogP contribution in [-0.2, 0) is 6.54 Å². The standard InChI is InChI=1S/C31H33N5O2/c1-21(2)26-7-5-6-8-27(26)29-32-19-28-30(34-29)36(31(37)33-28)20-22-9-11-23(12-10-22)24-13-15-25(16-14-24)38-18-17-35(3)4/h5-16,19,21H,17-18,20H2,1-4H3,(H,33,37). The van der Waals surface area contributed by atoms with Crippen molar-refractivity contribution in [3.05, 3.63) is 101 Å². The van der Waals surface area contributed by atoms with E-state index in [9.17, 15) is 4.79 Å². The summed E-state index contributed by atoms with van der Waals surface area (Å²) < 4.78 is 7.47. The van der Waals surface area contributed by atoms with Gasteiger partial charge in [0.05, 0.1) is 12.7 Å². The van der Waals surface area contributed by atoms with Gasteiger partial charge >= 0.3 is 5.69 Å². The SMILES string of the molecule is CC(C)c1ccccc1-c1ncc2[nH]c(=O)n(Cc3ccc(-c4ccc(OCCN(C)C)cc4)cc3)c2n1. The van der Waals surface area contributed by atoms with Gasteiger partial charge in [-0.3, -0.25) is 4.57 Å². The van der Waals surface area contributed by atoms with Crippen LogP contribution in [-0.4, -0.2) is 51.7 Å². The molecular weight excluding hydrogens is 474 g/mol. The van der Waals surface area contributed by atoms with Crippen LogP contribution in [0.5, 0.6) is 5.75 Å². The zero-order chi connectivity index (χ0) is 26.6. The van der Waals surface area contributed by atoms with Crippen LogP contribution in [0, 0.1) is 0 Å². The number of hydrogen-bond acceptors (Lipinski definition) is 5. The summed E-state index contributed by atoms with van der Waals surface area (Å²) in [6.07, 6.45) is 1.70. The van der Waals surface area contributed by atoms with Crippen molar-refractivity contribution in [1.29, 1.82) is 0 Å². The van der Waals surface area contributed by atoms with Crippen LogP contribution >= 0.6 is 0 Å². The molecule has 0 spiro atoms. The third kappa shape index (κ3) is 5.53. The van der Waals surface area contributed by atoms with Crippen molar-refractivity contribution >= 4 is 11.2 Å². The topological polar surface area (TPSA) is 76.0 Å². The zero-order valence-corrected chi connectivity index (χ0v) is 22.3. The van der Waals surface area contributed by atoms with E-state index < -0.39 is 0 Å². The smallest absolute Gasteiger partial charge is 0.328 e. The number of nitrogens with zero attached hydrogens (tertiary/aromatic N) is 4. The Labute approximate surface area is 222 Å². The maximum absolute atomic E-state index is 12.8. The Balaban J connectivity index is 1.36. The van der Waals surface area contributed by atoms with Gasteiger partial charge in [0.15, 0.2) is 11.5 Å². The van der Waals surface area contributed by atoms with Gasteiger partial charge in [-0.25, -0.2) is 14.8 Å². The molecule has 2 heterocycles. The van der Waals surface area contributed by atoms with Crippen molar-refractivity contribution in [3.63, 3.8) is 0 Å². The van der Waals surface area contributed by atoms with Crippen LogP contribution in [0.1, 0.15) is 30.9 Å². The molecule has 0 saturated carbocycles. The van der Waals surface area contributed by atoms with E-state index in [0.717, 1.165) is 34.5 Å². The molecular formula is C31H33N5O2. The van der Waals surface area contributed by atoms with Gasteiger partial charge in [0.25, 0.3) is 0 Å². The Bertz CT molecular complexity index is 1580. The van der Waals surface area contributed by atoms with Crippen molar-refractivity contribution in [2.75, 3.05) is 27.2 Å². The Morgan fingerprint density at radius 2 is 1.63 bits per heavy atom. The first kappa shape index (κ1) is 25.4. The highest BCUT2D eigenvalue weighted by molar-refractivity contribution is 5.74. The molecule has 1 N–H and O–H groups in total. The molecule has 0 aliphatic carbocycles. The van der Waals surface area contributed by atoms with Crippen LogP contribution < -0.4 is 10.4 Å². The first-order valence-electron chi connectivity index (χ1n) is 12.9. The second-order valence-electron chi connectivity index (χ2n) is 10.1. The van der Waals surface area contributed by atoms with Gasteiger partial charge in [-0.1, -0.05) is 74.5 Å². The molecule has 5 rings (SSSR count). The number of hydrogen-bond donors (Lipinski definition) is 1. The number of imidazole rings is 1. The minimum absolute atomic E-state index is 0.197. The number of aromatic nitrogens is 4. The molecule has 2 aromatic heterocycles. The lowest BCUT2D eigenvalue weighted by Crippen LogP contribution is -2.19. The average Bonchev–Trinajstić information content (AvgIpc) is 3.23. The number of nitrogens with one attached hydrogen (secondary N) is 1. The van der Waals surface area contributed by atoms with Crippen molar-refractivity contribution < 1.29 is 4.74 Å². The van der Waals surface area contributed by atoms with E-state index >= 15 is 0 Å². The lowest BCUT2D eigenvalue weighted by molar-refractivity contribution is 0.261. The lowest BCUT2D eigenvalue weighted by Gasteiger charge is -2.12. The average molecular weight is 508 g/mol. The number of fused-ring (bicyclic) bond motifs is 1. The molecule has 0 bridgehead atoms. The van der Waals surface area contributed by atoms with E-state index in [1.165, 1.54) is 5.56 Å². The summed E-state index contributed by atoms with van der Waals surface area (Å²) in [5.74, 6) is 1.83. The largest absolute Gasteiger partial charge is 0.492 e. The van der Waals surface area contributed by atoms with E-state index in [-0.39, 0.29) is 5.69 Å². The summed E-state index contributed by atoms with van der Waals surface area (Å²) in [6, 6.07) is 24.6. The quantitative estimate of drug-likeness (QED) is 0.282. The van der Waals surface area contributed by atoms with Crippen LogP contribution in [0.15, 0.2) is 83.8 Å². The van der Waals surface area contributed by atoms with Crippen LogP contribution in [0.2, 0.25) is 0 Å². The van der Waals surface area contributed by atoms with E-state index in [0.29, 0.717) is 36.1 Å². The zero-order valence-electron chi connectivity index (χ0n) is 22.3. The minimum Gasteiger partial charge on any atom is -0.492 e. The Hall–Kier alpha value is -4.23. The second kappa shape index (κ2) is 11.0. The summed E-state index contributed by atoms with van der Waals surface area (Å²) in [5, 5.41) is 0. The van der Waals surface area contributed by atoms with Crippen molar-refractivity contribution in [1.82, 2.24) is 24.4 Å². The van der Waals surface area contributed by atoms with Crippen LogP contribution in [0.4, 0.5) is 0 Å². The van der Waals surface area contributed by atoms with Crippen molar-refractivity contribution in [2.45, 2.75) is 26.3 Å². The van der Waals surface area contributed by atoms with Crippen molar-refractivity contribution in [2.24, 2.45) is 0 Å². The number of rotatable bonds is 9. The highest BCUT2D eigenvalue weighted by Crippen LogP contribution is 2.27. The Morgan fingerprint density at radius 3 is 2.32 bits per heavy atom. The normalized spacial score (nSPS) is 11.5. The second-order valence-corrected chi connectivity index (χ2v) is 10.1. The number of aromatic amines is 1. The van der Waals surface area contributed by atoms with E-state index in [4.69, 9.17) is 9.72 Å². The predicted octanol–water partition coefficient (Wildman–Crippen LogP) is 5.57. The van der Waals surface area contributed by atoms with Crippen molar-refractivity contribution in [3.8, 4) is 28.3 Å². The highest BCUT2D eigenvalue weighted by atomic mass is 16.5. The fourth-order valence-corrected chi connectivity index (χ4v) is 4.50. The summed E-state index contributed by atoms with van der Waals surface area (Å²) in [5.41, 5.74) is 6.44. The fourth-order valence-electron chi connectivity index (χ4n) is 4.50. The lowest BCUT2D eigenvalue weighted by atomic mass is 9.97. The molecule has 7 heteroatoms. The first-order chi connectivity index (χ1) is 18.4. The van der Waals surface area contributed by atoms with Gasteiger partial charge in [0, 0.05) is 12.1 Å². The molecule has 3 aromatic carbocycles. The van der Waals surface area contributed by atoms with Crippen LogP contribution in [0.25, 0.3) is 33.7 Å². The first-order valence-corrected chi connectivity index (χ1v) is 12.9. The van der Waals surface area contributed by atoms with E-state index in [2.05, 4.69) is 71.2 Å². The maximum atomic E-state index is 12.8. The molecule has 0 aliphatic heterocycles. The van der Waals surface area contributed by atoms with Gasteiger partial charge in [0.1, 0.15) is 17.9 Å². The van der Waals surface area contributed by atoms with E-state index in [1.54, 1.807) is 10.8 Å². The third-order valence-corrected chi connectivity index (χ3v) is 6.62. The summed E-state index contributed by atoms with van der Waals surface area (Å²) in [4.78, 5) is 27.2. The summed E-state index contributed by atoms with van der Waals surface area (Å²) >= 11 is 0. The number of ether oxygens (including phenoxy) is 1. The number of likely N-dealkylation sites (N-methyl/N-ethyl adjacent to an activating group) is 1. The molecule has 38 heavy (non-hydrogen) atoms. The molecule has 0 amide bonds. The van der Waals surface area contributed by atoms with Gasteiger partial charge in [-0.15, -0.1) is 0 Å². The number of H-pyrrole nitrogens is 1. The molecule has 194 valence electrons. The van der Waals surface area contributed by atoms with Gasteiger partial charge < -0.3 is 14.6 Å². The summed E-state index contributed by atoms with van der Waals surface area (Å²) in [6.45, 7) is 6.26. The number of benzene rings is 3. The molecule has 5 aromatic rings. The van der Waals surface area contributed by atoms with E-state index in [1.807, 2.05) is 44.4 Å². The molecule has 0 atom stereocenters. The van der Waals surface area contributed by atoms with Gasteiger partial charge in [0.2, 0.25) is 0 Å². The predicted molar refractivity (Wildman–Crippen MR) is 153 cm³/mol. The molecule has 0 unspecified atom stereocenters. The molecule has 0 fully saturated rings. The third-order valence-electron chi connectivity index (χ3n) is 6.62. The Kier molecular flexibility index (Phi) is 7.38. The van der Waals surface area contributed by atoms with Gasteiger partial charge in [-0.2, -0.15) is 0 Å². The molecule has 0 saturated heterocycles. The molecule has 0 aliphatic rings. The monoisotopic (exact) mass is 507 g/mol. The van der Waals surface area contributed by atoms with Crippen LogP contribution in [0.3, 0.4) is 0 Å².